The van der Waals surface area contributed by atoms with Gasteiger partial charge in [-0.3, -0.25) is 9.78 Å². The predicted octanol–water partition coefficient (Wildman–Crippen LogP) is 2.47. The lowest BCUT2D eigenvalue weighted by molar-refractivity contribution is 0.0715. The number of nitrogens with zero attached hydrogens (tertiary/aromatic N) is 5. The number of anilines is 1. The molecule has 6 nitrogen and oxygen atoms in total. The zero-order valence-electron chi connectivity index (χ0n) is 14.2. The molecule has 0 unspecified atom stereocenters. The minimum absolute atomic E-state index is 0.0452. The number of aromatic nitrogens is 3. The highest BCUT2D eigenvalue weighted by Gasteiger charge is 2.27. The monoisotopic (exact) mass is 335 g/mol. The van der Waals surface area contributed by atoms with Crippen molar-refractivity contribution in [1.82, 2.24) is 19.5 Å². The van der Waals surface area contributed by atoms with Gasteiger partial charge in [-0.25, -0.2) is 4.52 Å². The minimum Gasteiger partial charge on any atom is -0.371 e. The summed E-state index contributed by atoms with van der Waals surface area (Å²) in [6.07, 6.45) is 8.69. The third kappa shape index (κ3) is 2.95. The van der Waals surface area contributed by atoms with E-state index in [2.05, 4.69) is 46.3 Å². The number of carbonyl (C=O) groups excluding carboxylic acids is 1. The van der Waals surface area contributed by atoms with Gasteiger partial charge in [-0.15, -0.1) is 0 Å². The third-order valence-corrected chi connectivity index (χ3v) is 5.02. The summed E-state index contributed by atoms with van der Waals surface area (Å²) in [6.45, 7) is 1.52. The summed E-state index contributed by atoms with van der Waals surface area (Å²) in [4.78, 5) is 21.2. The molecule has 0 aliphatic carbocycles. The van der Waals surface area contributed by atoms with Crippen molar-refractivity contribution in [3.05, 3.63) is 60.7 Å². The van der Waals surface area contributed by atoms with E-state index in [-0.39, 0.29) is 5.91 Å². The second-order valence-corrected chi connectivity index (χ2v) is 6.43. The molecule has 2 aromatic heterocycles. The zero-order valence-corrected chi connectivity index (χ0v) is 14.2. The molecule has 0 saturated carbocycles. The van der Waals surface area contributed by atoms with Crippen molar-refractivity contribution in [2.24, 2.45) is 0 Å². The van der Waals surface area contributed by atoms with Gasteiger partial charge in [-0.2, -0.15) is 5.10 Å². The summed E-state index contributed by atoms with van der Waals surface area (Å²) in [5.41, 5.74) is 2.61. The Hall–Kier alpha value is -2.89. The molecule has 0 bridgehead atoms. The number of benzene rings is 1. The Bertz CT molecular complexity index is 868. The first-order valence-corrected chi connectivity index (χ1v) is 8.58. The fourth-order valence-electron chi connectivity index (χ4n) is 3.50. The maximum absolute atomic E-state index is 12.9. The van der Waals surface area contributed by atoms with Crippen molar-refractivity contribution < 1.29 is 4.79 Å². The molecule has 0 atom stereocenters. The van der Waals surface area contributed by atoms with Crippen LogP contribution in [0.3, 0.4) is 0 Å². The van der Waals surface area contributed by atoms with Crippen LogP contribution in [0.15, 0.2) is 55.1 Å². The number of hydrogen-bond donors (Lipinski definition) is 0. The van der Waals surface area contributed by atoms with Gasteiger partial charge in [-0.05, 0) is 25.0 Å². The van der Waals surface area contributed by atoms with Gasteiger partial charge in [0.1, 0.15) is 0 Å². The molecule has 3 aromatic rings. The molecule has 3 heterocycles. The van der Waals surface area contributed by atoms with Crippen molar-refractivity contribution in [3.8, 4) is 0 Å². The molecule has 0 spiro atoms. The van der Waals surface area contributed by atoms with Crippen molar-refractivity contribution in [3.63, 3.8) is 0 Å². The molecule has 128 valence electrons. The Labute approximate surface area is 146 Å². The van der Waals surface area contributed by atoms with E-state index in [1.165, 1.54) is 5.69 Å². The van der Waals surface area contributed by atoms with E-state index in [0.29, 0.717) is 11.6 Å². The molecule has 0 N–H and O–H groups in total. The highest BCUT2D eigenvalue weighted by molar-refractivity contribution is 6.00. The molecular weight excluding hydrogens is 314 g/mol. The Balaban J connectivity index is 1.44. The first-order chi connectivity index (χ1) is 12.2. The number of likely N-dealkylation sites (tertiary alicyclic amines) is 1. The Morgan fingerprint density at radius 2 is 1.92 bits per heavy atom. The molecule has 1 saturated heterocycles. The van der Waals surface area contributed by atoms with Crippen LogP contribution in [-0.2, 0) is 0 Å². The van der Waals surface area contributed by atoms with Crippen LogP contribution < -0.4 is 4.90 Å². The molecule has 6 heteroatoms. The fraction of sp³-hybridized carbons (Fsp3) is 0.316. The second-order valence-electron chi connectivity index (χ2n) is 6.43. The quantitative estimate of drug-likeness (QED) is 0.738. The summed E-state index contributed by atoms with van der Waals surface area (Å²) in [7, 11) is 2.13. The standard InChI is InChI=1S/C19H21N5O/c1-22(15-5-3-2-4-6-15)16-7-10-23(11-8-16)19(25)17-13-21-24-12-9-20-14-18(17)24/h2-6,9,12-14,16H,7-8,10-11H2,1H3. The number of piperidine rings is 1. The van der Waals surface area contributed by atoms with Crippen LogP contribution in [0, 0.1) is 0 Å². The number of amides is 1. The van der Waals surface area contributed by atoms with Crippen LogP contribution in [0.5, 0.6) is 0 Å². The number of para-hydroxylation sites is 1. The van der Waals surface area contributed by atoms with Gasteiger partial charge in [0.25, 0.3) is 5.91 Å². The van der Waals surface area contributed by atoms with Gasteiger partial charge in [0.15, 0.2) is 0 Å². The van der Waals surface area contributed by atoms with Gasteiger partial charge in [0.05, 0.1) is 23.5 Å². The number of rotatable bonds is 3. The summed E-state index contributed by atoms with van der Waals surface area (Å²) in [6, 6.07) is 10.9. The largest absolute Gasteiger partial charge is 0.371 e. The first-order valence-electron chi connectivity index (χ1n) is 8.58. The molecule has 1 aliphatic heterocycles. The molecule has 1 aliphatic rings. The number of hydrogen-bond acceptors (Lipinski definition) is 4. The molecule has 1 fully saturated rings. The van der Waals surface area contributed by atoms with E-state index in [1.807, 2.05) is 11.0 Å². The lowest BCUT2D eigenvalue weighted by Crippen LogP contribution is -2.45. The van der Waals surface area contributed by atoms with Crippen molar-refractivity contribution >= 4 is 17.1 Å². The Morgan fingerprint density at radius 3 is 2.68 bits per heavy atom. The minimum atomic E-state index is 0.0452. The lowest BCUT2D eigenvalue weighted by atomic mass is 10.0. The fourth-order valence-corrected chi connectivity index (χ4v) is 3.50. The smallest absolute Gasteiger partial charge is 0.257 e. The van der Waals surface area contributed by atoms with Crippen LogP contribution in [0.4, 0.5) is 5.69 Å². The molecular formula is C19H21N5O. The lowest BCUT2D eigenvalue weighted by Gasteiger charge is -2.37. The Kier molecular flexibility index (Phi) is 4.09. The zero-order chi connectivity index (χ0) is 17.2. The number of fused-ring (bicyclic) bond motifs is 1. The highest BCUT2D eigenvalue weighted by atomic mass is 16.2. The van der Waals surface area contributed by atoms with E-state index >= 15 is 0 Å². The number of carbonyl (C=O) groups is 1. The SMILES string of the molecule is CN(c1ccccc1)C1CCN(C(=O)c2cnn3ccncc23)CC1. The van der Waals surface area contributed by atoms with E-state index in [4.69, 9.17) is 0 Å². The maximum Gasteiger partial charge on any atom is 0.257 e. The second kappa shape index (κ2) is 6.55. The summed E-state index contributed by atoms with van der Waals surface area (Å²) in [5, 5.41) is 4.24. The predicted molar refractivity (Wildman–Crippen MR) is 96.8 cm³/mol. The molecule has 1 amide bonds. The van der Waals surface area contributed by atoms with E-state index in [1.54, 1.807) is 29.3 Å². The maximum atomic E-state index is 12.9. The average Bonchev–Trinajstić information content (AvgIpc) is 3.12. The van der Waals surface area contributed by atoms with Crippen molar-refractivity contribution in [2.75, 3.05) is 25.0 Å². The van der Waals surface area contributed by atoms with Crippen molar-refractivity contribution in [1.29, 1.82) is 0 Å². The van der Waals surface area contributed by atoms with Crippen LogP contribution in [0.25, 0.3) is 5.52 Å². The van der Waals surface area contributed by atoms with E-state index < -0.39 is 0 Å². The normalized spacial score (nSPS) is 15.5. The van der Waals surface area contributed by atoms with Gasteiger partial charge < -0.3 is 9.80 Å². The highest BCUT2D eigenvalue weighted by Crippen LogP contribution is 2.23. The van der Waals surface area contributed by atoms with E-state index in [9.17, 15) is 4.79 Å². The molecule has 0 radical (unpaired) electrons. The van der Waals surface area contributed by atoms with Crippen LogP contribution in [0.2, 0.25) is 0 Å². The van der Waals surface area contributed by atoms with Crippen LogP contribution in [-0.4, -0.2) is 51.6 Å². The molecule has 1 aromatic carbocycles. The average molecular weight is 335 g/mol. The van der Waals surface area contributed by atoms with Gasteiger partial charge in [0.2, 0.25) is 0 Å². The van der Waals surface area contributed by atoms with Crippen LogP contribution >= 0.6 is 0 Å². The molecule has 25 heavy (non-hydrogen) atoms. The topological polar surface area (TPSA) is 53.7 Å². The summed E-state index contributed by atoms with van der Waals surface area (Å²) >= 11 is 0. The first kappa shape index (κ1) is 15.6. The third-order valence-electron chi connectivity index (χ3n) is 5.02. The Morgan fingerprint density at radius 1 is 1.16 bits per heavy atom. The molecule has 4 rings (SSSR count). The summed E-state index contributed by atoms with van der Waals surface area (Å²) < 4.78 is 1.69. The van der Waals surface area contributed by atoms with E-state index in [0.717, 1.165) is 31.4 Å². The van der Waals surface area contributed by atoms with Gasteiger partial charge in [-0.1, -0.05) is 18.2 Å². The van der Waals surface area contributed by atoms with Crippen molar-refractivity contribution in [2.45, 2.75) is 18.9 Å². The van der Waals surface area contributed by atoms with Crippen LogP contribution in [0.1, 0.15) is 23.2 Å². The summed E-state index contributed by atoms with van der Waals surface area (Å²) in [5.74, 6) is 0.0452. The van der Waals surface area contributed by atoms with Gasteiger partial charge >= 0.3 is 0 Å². The van der Waals surface area contributed by atoms with Gasteiger partial charge in [0, 0.05) is 44.3 Å².